The zero-order valence-corrected chi connectivity index (χ0v) is 20.0. The maximum atomic E-state index is 13.5. The number of nitro groups is 1. The molecule has 0 unspecified atom stereocenters. The van der Waals surface area contributed by atoms with E-state index in [1.165, 1.54) is 24.3 Å². The summed E-state index contributed by atoms with van der Waals surface area (Å²) in [6.07, 6.45) is -4.12. The molecule has 36 heavy (non-hydrogen) atoms. The number of carbonyl (C=O) groups is 2. The molecule has 0 saturated carbocycles. The molecule has 0 saturated heterocycles. The molecule has 1 atom stereocenters. The number of nitrogens with zero attached hydrogens (tertiary/aromatic N) is 3. The van der Waals surface area contributed by atoms with Crippen molar-refractivity contribution in [2.45, 2.75) is 46.1 Å². The van der Waals surface area contributed by atoms with E-state index in [-0.39, 0.29) is 22.6 Å². The van der Waals surface area contributed by atoms with Crippen LogP contribution in [0.3, 0.4) is 0 Å². The number of fused-ring (bicyclic) bond motifs is 3. The minimum Gasteiger partial charge on any atom is -0.445 e. The van der Waals surface area contributed by atoms with Crippen molar-refractivity contribution >= 4 is 40.2 Å². The Hall–Kier alpha value is -4.61. The fourth-order valence-electron chi connectivity index (χ4n) is 3.78. The topological polar surface area (TPSA) is 144 Å². The summed E-state index contributed by atoms with van der Waals surface area (Å²) in [4.78, 5) is 50.4. The predicted molar refractivity (Wildman–Crippen MR) is 129 cm³/mol. The molecule has 0 aliphatic carbocycles. The highest BCUT2D eigenvalue weighted by atomic mass is 16.6. The van der Waals surface area contributed by atoms with E-state index in [4.69, 9.17) is 13.9 Å². The number of hydrazine groups is 1. The van der Waals surface area contributed by atoms with E-state index in [1.807, 2.05) is 0 Å². The van der Waals surface area contributed by atoms with Crippen LogP contribution >= 0.6 is 0 Å². The Balaban J connectivity index is 1.99. The summed E-state index contributed by atoms with van der Waals surface area (Å²) < 4.78 is 16.3. The van der Waals surface area contributed by atoms with Crippen LogP contribution in [0, 0.1) is 10.1 Å². The smallest absolute Gasteiger partial charge is 0.434 e. The number of rotatable bonds is 4. The van der Waals surface area contributed by atoms with Gasteiger partial charge in [0.05, 0.1) is 17.1 Å². The molecule has 2 aromatic carbocycles. The number of anilines is 2. The van der Waals surface area contributed by atoms with Gasteiger partial charge in [0, 0.05) is 17.5 Å². The van der Waals surface area contributed by atoms with E-state index >= 15 is 0 Å². The normalized spacial score (nSPS) is 15.0. The van der Waals surface area contributed by atoms with Gasteiger partial charge in [0.25, 0.3) is 5.69 Å². The first-order chi connectivity index (χ1) is 17.1. The Kier molecular flexibility index (Phi) is 6.51. The summed E-state index contributed by atoms with van der Waals surface area (Å²) in [6, 6.07) is 11.9. The molecular weight excluding hydrogens is 472 g/mol. The molecule has 1 aliphatic heterocycles. The highest BCUT2D eigenvalue weighted by Crippen LogP contribution is 2.42. The zero-order valence-electron chi connectivity index (χ0n) is 20.0. The van der Waals surface area contributed by atoms with Gasteiger partial charge in [0.1, 0.15) is 17.0 Å². The van der Waals surface area contributed by atoms with Crippen LogP contribution in [0.5, 0.6) is 0 Å². The lowest BCUT2D eigenvalue weighted by Crippen LogP contribution is -2.57. The maximum absolute atomic E-state index is 13.5. The van der Waals surface area contributed by atoms with E-state index in [9.17, 15) is 24.5 Å². The Bertz CT molecular complexity index is 1380. The van der Waals surface area contributed by atoms with Crippen molar-refractivity contribution in [2.75, 3.05) is 10.3 Å². The van der Waals surface area contributed by atoms with E-state index in [2.05, 4.69) is 5.32 Å². The SMILES string of the molecule is CC(C)OC(=O)N1c2c(c(=O)oc3ccccc23)N[C@H](c2ccc([N+](=O)[O-])cc2)N1C(=O)OC(C)C. The fraction of sp³-hybridized carbons (Fsp3) is 0.292. The third kappa shape index (κ3) is 4.52. The van der Waals surface area contributed by atoms with Crippen molar-refractivity contribution in [1.29, 1.82) is 0 Å². The summed E-state index contributed by atoms with van der Waals surface area (Å²) in [5, 5.41) is 16.4. The number of amides is 2. The molecule has 12 heteroatoms. The predicted octanol–water partition coefficient (Wildman–Crippen LogP) is 4.94. The molecule has 188 valence electrons. The summed E-state index contributed by atoms with van der Waals surface area (Å²) in [5.74, 6) is 0. The minimum atomic E-state index is -1.17. The average Bonchev–Trinajstić information content (AvgIpc) is 2.82. The first kappa shape index (κ1) is 24.5. The van der Waals surface area contributed by atoms with Gasteiger partial charge in [0.15, 0.2) is 6.17 Å². The van der Waals surface area contributed by atoms with Gasteiger partial charge in [-0.3, -0.25) is 10.1 Å². The first-order valence-corrected chi connectivity index (χ1v) is 11.2. The van der Waals surface area contributed by atoms with Crippen LogP contribution in [-0.2, 0) is 9.47 Å². The van der Waals surface area contributed by atoms with Crippen LogP contribution in [-0.4, -0.2) is 34.3 Å². The Morgan fingerprint density at radius 3 is 2.22 bits per heavy atom. The highest BCUT2D eigenvalue weighted by Gasteiger charge is 2.45. The molecule has 4 rings (SSSR count). The van der Waals surface area contributed by atoms with Crippen LogP contribution in [0.2, 0.25) is 0 Å². The maximum Gasteiger partial charge on any atom is 0.434 e. The Labute approximate surface area is 205 Å². The van der Waals surface area contributed by atoms with Crippen LogP contribution in [0.4, 0.5) is 26.7 Å². The largest absolute Gasteiger partial charge is 0.445 e. The molecule has 1 aliphatic rings. The van der Waals surface area contributed by atoms with Gasteiger partial charge in [-0.05, 0) is 57.5 Å². The summed E-state index contributed by atoms with van der Waals surface area (Å²) in [5.41, 5.74) is -0.473. The van der Waals surface area contributed by atoms with Gasteiger partial charge in [-0.25, -0.2) is 14.4 Å². The van der Waals surface area contributed by atoms with Gasteiger partial charge >= 0.3 is 17.8 Å². The molecule has 0 radical (unpaired) electrons. The third-order valence-corrected chi connectivity index (χ3v) is 5.19. The van der Waals surface area contributed by atoms with Gasteiger partial charge in [-0.1, -0.05) is 12.1 Å². The quantitative estimate of drug-likeness (QED) is 0.302. The molecule has 0 fully saturated rings. The van der Waals surface area contributed by atoms with Gasteiger partial charge < -0.3 is 19.2 Å². The van der Waals surface area contributed by atoms with Crippen molar-refractivity contribution in [1.82, 2.24) is 5.01 Å². The fourth-order valence-corrected chi connectivity index (χ4v) is 3.78. The monoisotopic (exact) mass is 496 g/mol. The van der Waals surface area contributed by atoms with Crippen molar-refractivity contribution in [2.24, 2.45) is 0 Å². The zero-order chi connectivity index (χ0) is 26.1. The van der Waals surface area contributed by atoms with Crippen LogP contribution < -0.4 is 16.0 Å². The van der Waals surface area contributed by atoms with Crippen molar-refractivity contribution in [3.63, 3.8) is 0 Å². The van der Waals surface area contributed by atoms with E-state index in [1.54, 1.807) is 52.0 Å². The average molecular weight is 496 g/mol. The summed E-state index contributed by atoms with van der Waals surface area (Å²) in [6.45, 7) is 6.57. The second-order valence-corrected chi connectivity index (χ2v) is 8.53. The number of benzene rings is 2. The van der Waals surface area contributed by atoms with Gasteiger partial charge in [0.2, 0.25) is 0 Å². The molecule has 1 aromatic heterocycles. The highest BCUT2D eigenvalue weighted by molar-refractivity contribution is 6.06. The Morgan fingerprint density at radius 2 is 1.61 bits per heavy atom. The van der Waals surface area contributed by atoms with Crippen molar-refractivity contribution in [3.8, 4) is 0 Å². The van der Waals surface area contributed by atoms with Gasteiger partial charge in [-0.2, -0.15) is 10.0 Å². The molecular formula is C24H24N4O8. The van der Waals surface area contributed by atoms with Crippen LogP contribution in [0.25, 0.3) is 11.0 Å². The number of carbonyl (C=O) groups excluding carboxylic acids is 2. The van der Waals surface area contributed by atoms with Crippen molar-refractivity contribution in [3.05, 3.63) is 74.6 Å². The van der Waals surface area contributed by atoms with Gasteiger partial charge in [-0.15, -0.1) is 0 Å². The molecule has 12 nitrogen and oxygen atoms in total. The standard InChI is InChI=1S/C24H24N4O8/c1-13(2)34-23(30)26-20-17-7-5-6-8-18(17)36-22(29)19(20)25-21(27(26)24(31)35-14(3)4)15-9-11-16(12-10-15)28(32)33/h5-14,21,25H,1-4H3/t21-/m0/s1. The van der Waals surface area contributed by atoms with E-state index < -0.39 is 41.1 Å². The lowest BCUT2D eigenvalue weighted by Gasteiger charge is -2.43. The lowest BCUT2D eigenvalue weighted by atomic mass is 10.1. The number of hydrogen-bond donors (Lipinski definition) is 1. The summed E-state index contributed by atoms with van der Waals surface area (Å²) in [7, 11) is 0. The Morgan fingerprint density at radius 1 is 1.00 bits per heavy atom. The number of nitrogens with one attached hydrogen (secondary N) is 1. The van der Waals surface area contributed by atoms with Crippen LogP contribution in [0.15, 0.2) is 57.7 Å². The minimum absolute atomic E-state index is 0.0476. The summed E-state index contributed by atoms with van der Waals surface area (Å²) >= 11 is 0. The second-order valence-electron chi connectivity index (χ2n) is 8.53. The lowest BCUT2D eigenvalue weighted by molar-refractivity contribution is -0.384. The van der Waals surface area contributed by atoms with Crippen LogP contribution in [0.1, 0.15) is 39.4 Å². The number of ether oxygens (including phenoxy) is 2. The molecule has 2 amide bonds. The second kappa shape index (κ2) is 9.56. The number of nitro benzene ring substituents is 1. The van der Waals surface area contributed by atoms with Crippen molar-refractivity contribution < 1.29 is 28.4 Å². The third-order valence-electron chi connectivity index (χ3n) is 5.19. The molecule has 2 heterocycles. The number of para-hydroxylation sites is 1. The number of non-ortho nitro benzene ring substituents is 1. The van der Waals surface area contributed by atoms with E-state index in [0.29, 0.717) is 10.9 Å². The molecule has 0 bridgehead atoms. The molecule has 1 N–H and O–H groups in total. The number of hydrogen-bond acceptors (Lipinski definition) is 9. The molecule has 0 spiro atoms. The molecule has 3 aromatic rings. The first-order valence-electron chi connectivity index (χ1n) is 11.2. The van der Waals surface area contributed by atoms with E-state index in [0.717, 1.165) is 10.0 Å².